The molecule has 32 heavy (non-hydrogen) atoms. The molecule has 9 heteroatoms. The van der Waals surface area contributed by atoms with E-state index in [1.54, 1.807) is 13.2 Å². The van der Waals surface area contributed by atoms with Crippen LogP contribution in [0.5, 0.6) is 0 Å². The summed E-state index contributed by atoms with van der Waals surface area (Å²) in [5, 5.41) is 9.24. The lowest BCUT2D eigenvalue weighted by molar-refractivity contribution is -0.137. The molecule has 1 amide bonds. The minimum Gasteiger partial charge on any atom is -0.465 e. The molecule has 0 spiro atoms. The first-order valence-electron chi connectivity index (χ1n) is 11.2. The summed E-state index contributed by atoms with van der Waals surface area (Å²) in [5.74, 6) is 0. The van der Waals surface area contributed by atoms with Gasteiger partial charge in [0.25, 0.3) is 0 Å². The number of hydrogen-bond acceptors (Lipinski definition) is 4. The number of piperidine rings is 1. The van der Waals surface area contributed by atoms with Gasteiger partial charge in [0.2, 0.25) is 0 Å². The first-order chi connectivity index (χ1) is 15.0. The van der Waals surface area contributed by atoms with Gasteiger partial charge in [-0.15, -0.1) is 0 Å². The Morgan fingerprint density at radius 2 is 1.88 bits per heavy atom. The predicted molar refractivity (Wildman–Crippen MR) is 114 cm³/mol. The first-order valence-corrected chi connectivity index (χ1v) is 11.2. The van der Waals surface area contributed by atoms with Gasteiger partial charge >= 0.3 is 12.3 Å². The molecule has 3 atom stereocenters. The molecule has 1 aromatic rings. The Bertz CT molecular complexity index is 855. The minimum atomic E-state index is -4.35. The number of amides is 1. The number of likely N-dealkylation sites (tertiary alicyclic amines) is 1. The molecule has 1 aromatic carbocycles. The summed E-state index contributed by atoms with van der Waals surface area (Å²) < 4.78 is 45.3. The average Bonchev–Trinajstić information content (AvgIpc) is 3.11. The van der Waals surface area contributed by atoms with E-state index in [2.05, 4.69) is 23.6 Å². The average molecular weight is 456 g/mol. The van der Waals surface area contributed by atoms with E-state index >= 15 is 0 Å². The lowest BCUT2D eigenvalue weighted by Crippen LogP contribution is -2.62. The summed E-state index contributed by atoms with van der Waals surface area (Å²) in [6.45, 7) is 7.95. The van der Waals surface area contributed by atoms with Crippen molar-refractivity contribution in [1.82, 2.24) is 14.7 Å². The molecule has 2 fully saturated rings. The molecular formula is C23H32F3N3O3. The number of rotatable bonds is 3. The lowest BCUT2D eigenvalue weighted by Gasteiger charge is -2.52. The smallest absolute Gasteiger partial charge is 0.416 e. The topological polar surface area (TPSA) is 56.2 Å². The van der Waals surface area contributed by atoms with Crippen LogP contribution in [-0.4, -0.2) is 83.4 Å². The number of alkyl halides is 3. The van der Waals surface area contributed by atoms with Crippen LogP contribution >= 0.6 is 0 Å². The highest BCUT2D eigenvalue weighted by molar-refractivity contribution is 5.65. The van der Waals surface area contributed by atoms with E-state index in [1.807, 2.05) is 0 Å². The van der Waals surface area contributed by atoms with Crippen molar-refractivity contribution >= 4 is 6.09 Å². The van der Waals surface area contributed by atoms with Gasteiger partial charge in [0, 0.05) is 57.8 Å². The molecule has 0 aromatic heterocycles. The van der Waals surface area contributed by atoms with E-state index in [-0.39, 0.29) is 23.7 Å². The van der Waals surface area contributed by atoms with Gasteiger partial charge in [0.05, 0.1) is 17.7 Å². The number of carbonyl (C=O) groups is 1. The number of halogens is 3. The molecule has 3 aliphatic rings. The highest BCUT2D eigenvalue weighted by Gasteiger charge is 2.45. The third kappa shape index (κ3) is 4.22. The molecule has 3 unspecified atom stereocenters. The Hall–Kier alpha value is -1.84. The summed E-state index contributed by atoms with van der Waals surface area (Å²) in [4.78, 5) is 17.6. The van der Waals surface area contributed by atoms with E-state index < -0.39 is 17.8 Å². The second kappa shape index (κ2) is 8.50. The van der Waals surface area contributed by atoms with Gasteiger partial charge in [0.15, 0.2) is 0 Å². The molecular weight excluding hydrogens is 423 g/mol. The SMILES string of the molecule is COC1Cc2cc(C(F)(F)F)ccc2C1N1CCN(C2(C)CCN(C(=O)O)CC2)CC1C. The van der Waals surface area contributed by atoms with Gasteiger partial charge in [-0.1, -0.05) is 6.07 Å². The first kappa shape index (κ1) is 23.3. The number of hydrogen-bond donors (Lipinski definition) is 1. The number of nitrogens with zero attached hydrogens (tertiary/aromatic N) is 3. The molecule has 1 aliphatic carbocycles. The Morgan fingerprint density at radius 3 is 2.44 bits per heavy atom. The molecule has 2 heterocycles. The number of ether oxygens (including phenoxy) is 1. The molecule has 0 bridgehead atoms. The molecule has 4 rings (SSSR count). The quantitative estimate of drug-likeness (QED) is 0.750. The van der Waals surface area contributed by atoms with Crippen molar-refractivity contribution in [3.05, 3.63) is 34.9 Å². The zero-order valence-electron chi connectivity index (χ0n) is 18.9. The van der Waals surface area contributed by atoms with Crippen LogP contribution in [0.2, 0.25) is 0 Å². The summed E-state index contributed by atoms with van der Waals surface area (Å²) in [6.07, 6.45) is -3.28. The predicted octanol–water partition coefficient (Wildman–Crippen LogP) is 3.86. The van der Waals surface area contributed by atoms with Crippen molar-refractivity contribution in [3.63, 3.8) is 0 Å². The van der Waals surface area contributed by atoms with Gasteiger partial charge < -0.3 is 14.7 Å². The van der Waals surface area contributed by atoms with Crippen molar-refractivity contribution in [3.8, 4) is 0 Å². The van der Waals surface area contributed by atoms with Crippen molar-refractivity contribution in [1.29, 1.82) is 0 Å². The summed E-state index contributed by atoms with van der Waals surface area (Å²) in [5.41, 5.74) is 1.01. The van der Waals surface area contributed by atoms with Crippen LogP contribution in [0, 0.1) is 0 Å². The number of fused-ring (bicyclic) bond motifs is 1. The standard InChI is InChI=1S/C23H32F3N3O3/c1-15-14-28(22(2)6-8-27(9-7-22)21(30)31)10-11-29(15)20-18-5-4-17(23(24,25)26)12-16(18)13-19(20)32-3/h4-5,12,15,19-20H,6-11,13-14H2,1-3H3,(H,30,31). The summed E-state index contributed by atoms with van der Waals surface area (Å²) in [6, 6.07) is 4.23. The van der Waals surface area contributed by atoms with E-state index in [0.717, 1.165) is 43.6 Å². The Kier molecular flexibility index (Phi) is 6.19. The second-order valence-electron chi connectivity index (χ2n) is 9.63. The van der Waals surface area contributed by atoms with Crippen molar-refractivity contribution in [2.75, 3.05) is 39.8 Å². The molecule has 178 valence electrons. The maximum atomic E-state index is 13.2. The van der Waals surface area contributed by atoms with Gasteiger partial charge in [-0.25, -0.2) is 4.79 Å². The normalized spacial score (nSPS) is 29.2. The highest BCUT2D eigenvalue weighted by Crippen LogP contribution is 2.42. The number of benzene rings is 1. The zero-order chi connectivity index (χ0) is 23.3. The highest BCUT2D eigenvalue weighted by atomic mass is 19.4. The molecule has 1 N–H and O–H groups in total. The fourth-order valence-corrected chi connectivity index (χ4v) is 5.75. The summed E-state index contributed by atoms with van der Waals surface area (Å²) in [7, 11) is 1.63. The maximum Gasteiger partial charge on any atom is 0.416 e. The largest absolute Gasteiger partial charge is 0.465 e. The fraction of sp³-hybridized carbons (Fsp3) is 0.696. The van der Waals surface area contributed by atoms with Crippen LogP contribution in [0.3, 0.4) is 0 Å². The van der Waals surface area contributed by atoms with E-state index in [1.165, 1.54) is 17.0 Å². The third-order valence-electron chi connectivity index (χ3n) is 7.78. The van der Waals surface area contributed by atoms with Crippen molar-refractivity contribution in [2.45, 2.75) is 63.0 Å². The maximum absolute atomic E-state index is 13.2. The summed E-state index contributed by atoms with van der Waals surface area (Å²) >= 11 is 0. The van der Waals surface area contributed by atoms with Crippen molar-refractivity contribution in [2.24, 2.45) is 0 Å². The number of carboxylic acid groups (broad SMARTS) is 1. The van der Waals surface area contributed by atoms with E-state index in [0.29, 0.717) is 19.5 Å². The van der Waals surface area contributed by atoms with Gasteiger partial charge in [0.1, 0.15) is 0 Å². The van der Waals surface area contributed by atoms with Gasteiger partial charge in [-0.3, -0.25) is 9.80 Å². The van der Waals surface area contributed by atoms with E-state index in [9.17, 15) is 23.1 Å². The fourth-order valence-electron chi connectivity index (χ4n) is 5.75. The van der Waals surface area contributed by atoms with Crippen LogP contribution in [0.25, 0.3) is 0 Å². The molecule has 0 saturated carbocycles. The van der Waals surface area contributed by atoms with Crippen LogP contribution in [0.1, 0.15) is 49.4 Å². The van der Waals surface area contributed by atoms with Crippen LogP contribution < -0.4 is 0 Å². The zero-order valence-corrected chi connectivity index (χ0v) is 18.9. The van der Waals surface area contributed by atoms with Crippen molar-refractivity contribution < 1.29 is 27.8 Å². The molecule has 2 saturated heterocycles. The van der Waals surface area contributed by atoms with Crippen LogP contribution in [0.4, 0.5) is 18.0 Å². The minimum absolute atomic E-state index is 0.0395. The molecule has 0 radical (unpaired) electrons. The monoisotopic (exact) mass is 455 g/mol. The molecule has 6 nitrogen and oxygen atoms in total. The number of piperazine rings is 1. The lowest BCUT2D eigenvalue weighted by atomic mass is 9.86. The van der Waals surface area contributed by atoms with Gasteiger partial charge in [-0.05, 0) is 49.9 Å². The van der Waals surface area contributed by atoms with Gasteiger partial charge in [-0.2, -0.15) is 13.2 Å². The third-order valence-corrected chi connectivity index (χ3v) is 7.78. The Labute approximate surface area is 186 Å². The van der Waals surface area contributed by atoms with Crippen LogP contribution in [-0.2, 0) is 17.3 Å². The second-order valence-corrected chi connectivity index (χ2v) is 9.63. The Balaban J connectivity index is 1.49. The number of methoxy groups -OCH3 is 1. The Morgan fingerprint density at radius 1 is 1.19 bits per heavy atom. The van der Waals surface area contributed by atoms with E-state index in [4.69, 9.17) is 4.74 Å². The molecule has 2 aliphatic heterocycles. The van der Waals surface area contributed by atoms with Crippen LogP contribution in [0.15, 0.2) is 18.2 Å².